The van der Waals surface area contributed by atoms with Crippen LogP contribution >= 0.6 is 0 Å². The number of nitrogens with zero attached hydrogens (tertiary/aromatic N) is 2. The van der Waals surface area contributed by atoms with Crippen LogP contribution < -0.4 is 10.1 Å². The van der Waals surface area contributed by atoms with Crippen LogP contribution in [-0.2, 0) is 11.3 Å². The van der Waals surface area contributed by atoms with Gasteiger partial charge in [0.05, 0.1) is 0 Å². The molecule has 1 amide bonds. The summed E-state index contributed by atoms with van der Waals surface area (Å²) >= 11 is 0. The molecular weight excluding hydrogens is 378 g/mol. The fourth-order valence-corrected chi connectivity index (χ4v) is 3.19. The van der Waals surface area contributed by atoms with Gasteiger partial charge in [0, 0.05) is 36.1 Å². The number of imidazole rings is 1. The number of benzene rings is 2. The molecule has 6 heteroatoms. The molecule has 6 nitrogen and oxygen atoms in total. The van der Waals surface area contributed by atoms with Crippen molar-refractivity contribution in [3.63, 3.8) is 0 Å². The van der Waals surface area contributed by atoms with Crippen LogP contribution in [0.5, 0.6) is 5.75 Å². The average Bonchev–Trinajstić information content (AvgIpc) is 3.17. The number of hydrogen-bond donors (Lipinski definition) is 1. The number of nitrogens with one attached hydrogen (secondary N) is 1. The van der Waals surface area contributed by atoms with Crippen molar-refractivity contribution in [3.8, 4) is 5.75 Å². The maximum atomic E-state index is 12.6. The molecule has 1 unspecified atom stereocenters. The first-order valence-electron chi connectivity index (χ1n) is 10.0. The summed E-state index contributed by atoms with van der Waals surface area (Å²) in [5.41, 5.74) is 2.32. The molecule has 1 atom stereocenters. The van der Waals surface area contributed by atoms with Crippen molar-refractivity contribution in [1.29, 1.82) is 0 Å². The SMILES string of the molecule is CC(=O)c1cccc(OC(C)C(=O)Nc2cccc(Cn3ccnc3C(C)C)c2)c1. The van der Waals surface area contributed by atoms with Crippen LogP contribution in [0.3, 0.4) is 0 Å². The zero-order valence-electron chi connectivity index (χ0n) is 17.8. The predicted octanol–water partition coefficient (Wildman–Crippen LogP) is 4.66. The largest absolute Gasteiger partial charge is 0.481 e. The smallest absolute Gasteiger partial charge is 0.265 e. The fourth-order valence-electron chi connectivity index (χ4n) is 3.19. The third-order valence-electron chi connectivity index (χ3n) is 4.73. The standard InChI is InChI=1S/C24H27N3O3/c1-16(2)23-25-11-12-27(23)15-19-7-5-9-21(13-19)26-24(29)18(4)30-22-10-6-8-20(14-22)17(3)28/h5-14,16,18H,15H2,1-4H3,(H,26,29). The molecule has 1 aromatic heterocycles. The topological polar surface area (TPSA) is 73.2 Å². The number of Topliss-reactive ketones (excluding diaryl/α,β-unsaturated/α-hetero) is 1. The molecule has 0 aliphatic carbocycles. The summed E-state index contributed by atoms with van der Waals surface area (Å²) in [6, 6.07) is 14.6. The molecule has 0 aliphatic rings. The highest BCUT2D eigenvalue weighted by Gasteiger charge is 2.16. The predicted molar refractivity (Wildman–Crippen MR) is 117 cm³/mol. The van der Waals surface area contributed by atoms with Gasteiger partial charge in [0.25, 0.3) is 5.91 Å². The van der Waals surface area contributed by atoms with Crippen LogP contribution in [0.2, 0.25) is 0 Å². The van der Waals surface area contributed by atoms with Gasteiger partial charge in [0.15, 0.2) is 11.9 Å². The van der Waals surface area contributed by atoms with E-state index < -0.39 is 6.10 Å². The molecule has 2 aromatic carbocycles. The third-order valence-corrected chi connectivity index (χ3v) is 4.73. The van der Waals surface area contributed by atoms with Gasteiger partial charge in [-0.3, -0.25) is 9.59 Å². The van der Waals surface area contributed by atoms with Crippen molar-refractivity contribution in [2.45, 2.75) is 46.3 Å². The Hall–Kier alpha value is -3.41. The van der Waals surface area contributed by atoms with Gasteiger partial charge in [-0.25, -0.2) is 4.98 Å². The lowest BCUT2D eigenvalue weighted by Gasteiger charge is -2.16. The van der Waals surface area contributed by atoms with Crippen LogP contribution in [0.15, 0.2) is 60.9 Å². The van der Waals surface area contributed by atoms with E-state index in [4.69, 9.17) is 4.74 Å². The highest BCUT2D eigenvalue weighted by Crippen LogP contribution is 2.18. The minimum atomic E-state index is -0.711. The number of ketones is 1. The van der Waals surface area contributed by atoms with Gasteiger partial charge in [0.1, 0.15) is 11.6 Å². The molecule has 30 heavy (non-hydrogen) atoms. The zero-order chi connectivity index (χ0) is 21.7. The molecule has 156 valence electrons. The Balaban J connectivity index is 1.65. The van der Waals surface area contributed by atoms with Gasteiger partial charge in [-0.15, -0.1) is 0 Å². The molecule has 3 rings (SSSR count). The van der Waals surface area contributed by atoms with Crippen molar-refractivity contribution < 1.29 is 14.3 Å². The van der Waals surface area contributed by atoms with Gasteiger partial charge in [-0.1, -0.05) is 38.1 Å². The molecule has 0 spiro atoms. The van der Waals surface area contributed by atoms with E-state index in [1.807, 2.05) is 30.5 Å². The Morgan fingerprint density at radius 2 is 1.87 bits per heavy atom. The second-order valence-corrected chi connectivity index (χ2v) is 7.60. The highest BCUT2D eigenvalue weighted by atomic mass is 16.5. The molecule has 0 fully saturated rings. The number of ether oxygens (including phenoxy) is 1. The molecule has 0 aliphatic heterocycles. The van der Waals surface area contributed by atoms with Crippen molar-refractivity contribution in [2.75, 3.05) is 5.32 Å². The van der Waals surface area contributed by atoms with Gasteiger partial charge < -0.3 is 14.6 Å². The number of carbonyl (C=O) groups excluding carboxylic acids is 2. The second-order valence-electron chi connectivity index (χ2n) is 7.60. The Morgan fingerprint density at radius 3 is 2.60 bits per heavy atom. The van der Waals surface area contributed by atoms with E-state index >= 15 is 0 Å². The van der Waals surface area contributed by atoms with Crippen LogP contribution in [0, 0.1) is 0 Å². The first-order valence-corrected chi connectivity index (χ1v) is 10.0. The molecular formula is C24H27N3O3. The Kier molecular flexibility index (Phi) is 6.67. The maximum Gasteiger partial charge on any atom is 0.265 e. The zero-order valence-corrected chi connectivity index (χ0v) is 17.8. The molecule has 0 saturated carbocycles. The lowest BCUT2D eigenvalue weighted by molar-refractivity contribution is -0.122. The molecule has 0 radical (unpaired) electrons. The monoisotopic (exact) mass is 405 g/mol. The Morgan fingerprint density at radius 1 is 1.10 bits per heavy atom. The lowest BCUT2D eigenvalue weighted by atomic mass is 10.1. The van der Waals surface area contributed by atoms with Crippen LogP contribution in [0.25, 0.3) is 0 Å². The third kappa shape index (κ3) is 5.35. The Labute approximate surface area is 176 Å². The molecule has 0 bridgehead atoms. The van der Waals surface area contributed by atoms with Crippen LogP contribution in [0.1, 0.15) is 55.4 Å². The van der Waals surface area contributed by atoms with E-state index in [9.17, 15) is 9.59 Å². The number of rotatable bonds is 8. The summed E-state index contributed by atoms with van der Waals surface area (Å²) in [6.07, 6.45) is 3.06. The minimum absolute atomic E-state index is 0.0483. The van der Waals surface area contributed by atoms with E-state index in [0.29, 0.717) is 29.5 Å². The molecule has 3 aromatic rings. The Bertz CT molecular complexity index is 1040. The van der Waals surface area contributed by atoms with Gasteiger partial charge in [0.2, 0.25) is 0 Å². The van der Waals surface area contributed by atoms with Crippen molar-refractivity contribution in [2.24, 2.45) is 0 Å². The van der Waals surface area contributed by atoms with Gasteiger partial charge in [-0.05, 0) is 43.7 Å². The second kappa shape index (κ2) is 9.39. The minimum Gasteiger partial charge on any atom is -0.481 e. The van der Waals surface area contributed by atoms with Crippen molar-refractivity contribution in [1.82, 2.24) is 9.55 Å². The highest BCUT2D eigenvalue weighted by molar-refractivity contribution is 5.95. The van der Waals surface area contributed by atoms with Crippen LogP contribution in [-0.4, -0.2) is 27.3 Å². The number of hydrogen-bond acceptors (Lipinski definition) is 4. The number of carbonyl (C=O) groups is 2. The van der Waals surface area contributed by atoms with Gasteiger partial charge in [-0.2, -0.15) is 0 Å². The van der Waals surface area contributed by atoms with E-state index in [-0.39, 0.29) is 11.7 Å². The van der Waals surface area contributed by atoms with Crippen molar-refractivity contribution in [3.05, 3.63) is 77.9 Å². The van der Waals surface area contributed by atoms with Gasteiger partial charge >= 0.3 is 0 Å². The summed E-state index contributed by atoms with van der Waals surface area (Å²) in [5, 5.41) is 2.90. The summed E-state index contributed by atoms with van der Waals surface area (Å²) in [7, 11) is 0. The van der Waals surface area contributed by atoms with Crippen molar-refractivity contribution >= 4 is 17.4 Å². The van der Waals surface area contributed by atoms with E-state index in [2.05, 4.69) is 28.7 Å². The van der Waals surface area contributed by atoms with E-state index in [1.54, 1.807) is 37.4 Å². The summed E-state index contributed by atoms with van der Waals surface area (Å²) in [6.45, 7) is 8.09. The first kappa shape index (κ1) is 21.3. The lowest BCUT2D eigenvalue weighted by Crippen LogP contribution is -2.30. The quantitative estimate of drug-likeness (QED) is 0.553. The number of aromatic nitrogens is 2. The number of amides is 1. The summed E-state index contributed by atoms with van der Waals surface area (Å²) < 4.78 is 7.83. The van der Waals surface area contributed by atoms with E-state index in [0.717, 1.165) is 11.4 Å². The number of anilines is 1. The fraction of sp³-hybridized carbons (Fsp3) is 0.292. The van der Waals surface area contributed by atoms with E-state index in [1.165, 1.54) is 6.92 Å². The van der Waals surface area contributed by atoms with Crippen LogP contribution in [0.4, 0.5) is 5.69 Å². The summed E-state index contributed by atoms with van der Waals surface area (Å²) in [5.74, 6) is 1.54. The average molecular weight is 405 g/mol. The molecule has 1 heterocycles. The summed E-state index contributed by atoms with van der Waals surface area (Å²) in [4.78, 5) is 28.5. The first-order chi connectivity index (χ1) is 14.3. The molecule has 1 N–H and O–H groups in total. The molecule has 0 saturated heterocycles. The maximum absolute atomic E-state index is 12.6. The normalized spacial score (nSPS) is 11.9.